The van der Waals surface area contributed by atoms with E-state index in [1.807, 2.05) is 18.2 Å². The van der Waals surface area contributed by atoms with Gasteiger partial charge in [0.15, 0.2) is 6.10 Å². The van der Waals surface area contributed by atoms with Crippen LogP contribution in [0.2, 0.25) is 0 Å². The van der Waals surface area contributed by atoms with E-state index in [4.69, 9.17) is 9.47 Å². The van der Waals surface area contributed by atoms with Gasteiger partial charge >= 0.3 is 11.9 Å². The molecular formula is C37H66O8. The molecule has 8 nitrogen and oxygen atoms in total. The van der Waals surface area contributed by atoms with Gasteiger partial charge < -0.3 is 29.9 Å². The van der Waals surface area contributed by atoms with Crippen molar-refractivity contribution in [2.75, 3.05) is 13.2 Å². The summed E-state index contributed by atoms with van der Waals surface area (Å²) in [6.07, 6.45) is 24.7. The van der Waals surface area contributed by atoms with Crippen molar-refractivity contribution in [2.45, 2.75) is 173 Å². The minimum atomic E-state index is -0.861. The van der Waals surface area contributed by atoms with Crippen molar-refractivity contribution in [3.63, 3.8) is 0 Å². The van der Waals surface area contributed by atoms with E-state index in [9.17, 15) is 30.0 Å². The molecule has 0 aromatic carbocycles. The van der Waals surface area contributed by atoms with Gasteiger partial charge in [0.2, 0.25) is 0 Å². The normalized spacial score (nSPS) is 21.5. The lowest BCUT2D eigenvalue weighted by atomic mass is 9.89. The number of aliphatic hydroxyl groups excluding tert-OH is 4. The van der Waals surface area contributed by atoms with E-state index in [2.05, 4.69) is 13.8 Å². The topological polar surface area (TPSA) is 134 Å². The van der Waals surface area contributed by atoms with Gasteiger partial charge in [0.1, 0.15) is 6.61 Å². The molecule has 4 N–H and O–H groups in total. The highest BCUT2D eigenvalue weighted by molar-refractivity contribution is 5.70. The van der Waals surface area contributed by atoms with E-state index in [1.165, 1.54) is 51.4 Å². The molecule has 6 atom stereocenters. The van der Waals surface area contributed by atoms with Crippen molar-refractivity contribution in [1.29, 1.82) is 0 Å². The Bertz CT molecular complexity index is 797. The first-order valence-corrected chi connectivity index (χ1v) is 18.2. The fourth-order valence-corrected chi connectivity index (χ4v) is 5.96. The predicted molar refractivity (Wildman–Crippen MR) is 180 cm³/mol. The molecule has 262 valence electrons. The highest BCUT2D eigenvalue weighted by atomic mass is 16.6. The number of carbonyl (C=O) groups excluding carboxylic acids is 2. The van der Waals surface area contributed by atoms with E-state index >= 15 is 0 Å². The number of aliphatic hydroxyl groups is 4. The Hall–Kier alpha value is -1.74. The zero-order chi connectivity index (χ0) is 33.1. The average molecular weight is 639 g/mol. The second kappa shape index (κ2) is 27.4. The lowest BCUT2D eigenvalue weighted by Crippen LogP contribution is -2.28. The van der Waals surface area contributed by atoms with Gasteiger partial charge in [-0.15, -0.1) is 0 Å². The predicted octanol–water partition coefficient (Wildman–Crippen LogP) is 7.11. The quantitative estimate of drug-likeness (QED) is 0.0405. The Morgan fingerprint density at radius 2 is 1.38 bits per heavy atom. The Morgan fingerprint density at radius 3 is 2.02 bits per heavy atom. The summed E-state index contributed by atoms with van der Waals surface area (Å²) in [5.41, 5.74) is 0. The molecule has 0 amide bonds. The number of unbranched alkanes of at least 4 members (excludes halogenated alkanes) is 13. The summed E-state index contributed by atoms with van der Waals surface area (Å²) in [5.74, 6) is -1.10. The lowest BCUT2D eigenvalue weighted by Gasteiger charge is -2.19. The van der Waals surface area contributed by atoms with E-state index in [0.29, 0.717) is 38.5 Å². The molecule has 1 aliphatic rings. The summed E-state index contributed by atoms with van der Waals surface area (Å²) in [4.78, 5) is 24.3. The molecule has 0 unspecified atom stereocenters. The average Bonchev–Trinajstić information content (AvgIpc) is 3.29. The maximum absolute atomic E-state index is 12.2. The van der Waals surface area contributed by atoms with Crippen LogP contribution in [-0.2, 0) is 19.1 Å². The SMILES string of the molecule is CCCCCCCCCCCCCC(=O)OC[C@H](CO)OC(=O)CCC/C=C/C[C@@H]1[C@@H](/C=C/[C@@H](O)CCCCC)[C@H](O)C[C@@H]1O. The molecule has 1 rings (SSSR count). The first kappa shape index (κ1) is 41.3. The third-order valence-electron chi connectivity index (χ3n) is 8.82. The summed E-state index contributed by atoms with van der Waals surface area (Å²) in [6.45, 7) is 3.81. The van der Waals surface area contributed by atoms with Crippen molar-refractivity contribution < 1.29 is 39.5 Å². The molecular weight excluding hydrogens is 572 g/mol. The van der Waals surface area contributed by atoms with Crippen molar-refractivity contribution >= 4 is 11.9 Å². The van der Waals surface area contributed by atoms with Crippen LogP contribution in [0.5, 0.6) is 0 Å². The van der Waals surface area contributed by atoms with Crippen molar-refractivity contribution in [3.05, 3.63) is 24.3 Å². The van der Waals surface area contributed by atoms with Crippen LogP contribution in [0.1, 0.15) is 149 Å². The minimum absolute atomic E-state index is 0.122. The largest absolute Gasteiger partial charge is 0.462 e. The van der Waals surface area contributed by atoms with Gasteiger partial charge in [0, 0.05) is 25.2 Å². The second-order valence-electron chi connectivity index (χ2n) is 12.9. The van der Waals surface area contributed by atoms with E-state index in [-0.39, 0.29) is 30.8 Å². The fraction of sp³-hybridized carbons (Fsp3) is 0.838. The number of allylic oxidation sites excluding steroid dienone is 2. The first-order chi connectivity index (χ1) is 21.8. The standard InChI is InChI=1S/C37H66O8/c1-3-5-7-8-9-10-11-12-13-14-19-23-36(42)44-29-31(28-38)45-37(43)24-20-16-15-18-22-32-33(35(41)27-34(32)40)26-25-30(39)21-17-6-4-2/h15,18,25-26,30-35,38-41H,3-14,16-17,19-24,27-29H2,1-2H3/b18-15+,26-25+/t30-,31-,32+,33+,34-,35+/m0/s1. The summed E-state index contributed by atoms with van der Waals surface area (Å²) < 4.78 is 10.5. The van der Waals surface area contributed by atoms with E-state index < -0.39 is 37.0 Å². The third-order valence-corrected chi connectivity index (χ3v) is 8.82. The number of rotatable bonds is 28. The summed E-state index contributed by atoms with van der Waals surface area (Å²) in [6, 6.07) is 0. The molecule has 1 fully saturated rings. The van der Waals surface area contributed by atoms with Gasteiger partial charge in [-0.3, -0.25) is 9.59 Å². The second-order valence-corrected chi connectivity index (χ2v) is 12.9. The van der Waals surface area contributed by atoms with Gasteiger partial charge in [0.25, 0.3) is 0 Å². The van der Waals surface area contributed by atoms with Crippen molar-refractivity contribution in [1.82, 2.24) is 0 Å². The Morgan fingerprint density at radius 1 is 0.778 bits per heavy atom. The summed E-state index contributed by atoms with van der Waals surface area (Å²) >= 11 is 0. The number of hydrogen-bond donors (Lipinski definition) is 4. The molecule has 1 saturated carbocycles. The Kier molecular flexibility index (Phi) is 25.1. The van der Waals surface area contributed by atoms with Crippen LogP contribution < -0.4 is 0 Å². The van der Waals surface area contributed by atoms with E-state index in [0.717, 1.165) is 38.5 Å². The van der Waals surface area contributed by atoms with Crippen LogP contribution in [-0.4, -0.2) is 70.0 Å². The molecule has 0 radical (unpaired) electrons. The van der Waals surface area contributed by atoms with Gasteiger partial charge in [-0.1, -0.05) is 122 Å². The monoisotopic (exact) mass is 638 g/mol. The molecule has 0 bridgehead atoms. The van der Waals surface area contributed by atoms with Crippen molar-refractivity contribution in [2.24, 2.45) is 11.8 Å². The molecule has 0 aromatic heterocycles. The number of hydrogen-bond acceptors (Lipinski definition) is 8. The first-order valence-electron chi connectivity index (χ1n) is 18.2. The smallest absolute Gasteiger partial charge is 0.306 e. The maximum atomic E-state index is 12.2. The van der Waals surface area contributed by atoms with Crippen LogP contribution in [0.25, 0.3) is 0 Å². The van der Waals surface area contributed by atoms with Crippen LogP contribution in [0, 0.1) is 11.8 Å². The molecule has 1 aliphatic carbocycles. The number of carbonyl (C=O) groups is 2. The van der Waals surface area contributed by atoms with Crippen molar-refractivity contribution in [3.8, 4) is 0 Å². The number of ether oxygens (including phenoxy) is 2. The zero-order valence-electron chi connectivity index (χ0n) is 28.5. The molecule has 0 heterocycles. The molecule has 0 saturated heterocycles. The molecule has 8 heteroatoms. The molecule has 45 heavy (non-hydrogen) atoms. The lowest BCUT2D eigenvalue weighted by molar-refractivity contribution is -0.161. The van der Waals surface area contributed by atoms with Crippen LogP contribution in [0.3, 0.4) is 0 Å². The molecule has 0 aliphatic heterocycles. The highest BCUT2D eigenvalue weighted by Gasteiger charge is 2.39. The van der Waals surface area contributed by atoms with Gasteiger partial charge in [-0.2, -0.15) is 0 Å². The van der Waals surface area contributed by atoms with E-state index in [1.54, 1.807) is 6.08 Å². The van der Waals surface area contributed by atoms with Crippen LogP contribution in [0.4, 0.5) is 0 Å². The van der Waals surface area contributed by atoms with Gasteiger partial charge in [-0.05, 0) is 38.0 Å². The van der Waals surface area contributed by atoms with Crippen LogP contribution in [0.15, 0.2) is 24.3 Å². The third kappa shape index (κ3) is 20.9. The van der Waals surface area contributed by atoms with Crippen LogP contribution >= 0.6 is 0 Å². The zero-order valence-corrected chi connectivity index (χ0v) is 28.5. The minimum Gasteiger partial charge on any atom is -0.462 e. The maximum Gasteiger partial charge on any atom is 0.306 e. The number of esters is 2. The Balaban J connectivity index is 2.18. The van der Waals surface area contributed by atoms with Gasteiger partial charge in [0.05, 0.1) is 24.9 Å². The van der Waals surface area contributed by atoms with Gasteiger partial charge in [-0.25, -0.2) is 0 Å². The highest BCUT2D eigenvalue weighted by Crippen LogP contribution is 2.36. The molecule has 0 aromatic rings. The molecule has 0 spiro atoms. The Labute approximate surface area is 273 Å². The fourth-order valence-electron chi connectivity index (χ4n) is 5.96. The summed E-state index contributed by atoms with van der Waals surface area (Å²) in [7, 11) is 0. The summed E-state index contributed by atoms with van der Waals surface area (Å²) in [5, 5.41) is 40.6.